The Bertz CT molecular complexity index is 2240. The molecule has 0 radical (unpaired) electrons. The molecule has 6 heterocycles. The Morgan fingerprint density at radius 3 is 2.21 bits per heavy atom. The molecule has 0 fully saturated rings. The minimum Gasteiger partial charge on any atom is -0.469 e. The molecule has 0 saturated heterocycles. The molecule has 0 aliphatic carbocycles. The van der Waals surface area contributed by atoms with Crippen molar-refractivity contribution in [2.24, 2.45) is 0 Å². The van der Waals surface area contributed by atoms with Crippen LogP contribution < -0.4 is 4.90 Å². The lowest BCUT2D eigenvalue weighted by atomic mass is 9.85. The molecule has 8 bridgehead atoms. The summed E-state index contributed by atoms with van der Waals surface area (Å²) in [7, 11) is 3.95. The Morgan fingerprint density at radius 1 is 0.865 bits per heavy atom. The van der Waals surface area contributed by atoms with E-state index in [0.29, 0.717) is 29.9 Å². The van der Waals surface area contributed by atoms with Gasteiger partial charge in [-0.1, -0.05) is 32.9 Å². The maximum atomic E-state index is 13.9. The van der Waals surface area contributed by atoms with E-state index in [1.807, 2.05) is 25.1 Å². The van der Waals surface area contributed by atoms with Gasteiger partial charge in [-0.15, -0.1) is 0 Å². The maximum Gasteiger partial charge on any atom is 0.341 e. The number of aromatic nitrogens is 4. The van der Waals surface area contributed by atoms with E-state index in [4.69, 9.17) is 24.2 Å². The summed E-state index contributed by atoms with van der Waals surface area (Å²) in [6, 6.07) is 3.98. The van der Waals surface area contributed by atoms with Crippen molar-refractivity contribution in [1.29, 1.82) is 0 Å². The highest BCUT2D eigenvalue weighted by atomic mass is 16.5. The third-order valence-electron chi connectivity index (χ3n) is 10.7. The second-order valence-electron chi connectivity index (χ2n) is 13.4. The van der Waals surface area contributed by atoms with E-state index in [0.717, 1.165) is 63.0 Å². The Kier molecular flexibility index (Phi) is 10.2. The van der Waals surface area contributed by atoms with Gasteiger partial charge in [0.15, 0.2) is 0 Å². The van der Waals surface area contributed by atoms with Crippen molar-refractivity contribution in [2.75, 3.05) is 32.8 Å². The van der Waals surface area contributed by atoms with E-state index in [2.05, 4.69) is 60.9 Å². The minimum atomic E-state index is -0.688. The van der Waals surface area contributed by atoms with Crippen molar-refractivity contribution in [3.8, 4) is 0 Å². The zero-order valence-electron chi connectivity index (χ0n) is 31.4. The number of nitrogens with one attached hydrogen (secondary N) is 2. The number of hydrogen-bond donors (Lipinski definition) is 2. The molecule has 6 rings (SSSR count). The molecule has 52 heavy (non-hydrogen) atoms. The normalized spacial score (nSPS) is 16.8. The smallest absolute Gasteiger partial charge is 0.341 e. The van der Waals surface area contributed by atoms with Gasteiger partial charge >= 0.3 is 17.9 Å². The number of carbonyl (C=O) groups excluding carboxylic acids is 3. The molecular formula is C41H47N5O6. The van der Waals surface area contributed by atoms with Gasteiger partial charge in [0.2, 0.25) is 0 Å². The molecule has 0 aromatic carbocycles. The Balaban J connectivity index is 1.87. The zero-order valence-corrected chi connectivity index (χ0v) is 31.4. The molecule has 2 N–H and O–H groups in total. The van der Waals surface area contributed by atoms with Crippen LogP contribution in [0.1, 0.15) is 108 Å². The highest BCUT2D eigenvalue weighted by Gasteiger charge is 2.38. The number of anilines is 1. The molecule has 11 nitrogen and oxygen atoms in total. The molecule has 0 saturated carbocycles. The van der Waals surface area contributed by atoms with Crippen molar-refractivity contribution in [3.63, 3.8) is 0 Å². The van der Waals surface area contributed by atoms with Gasteiger partial charge in [-0.05, 0) is 86.1 Å². The van der Waals surface area contributed by atoms with Crippen LogP contribution in [0.3, 0.4) is 0 Å². The summed E-state index contributed by atoms with van der Waals surface area (Å²) in [5, 5.41) is 0. The lowest BCUT2D eigenvalue weighted by Gasteiger charge is -2.22. The number of H-pyrrole nitrogens is 2. The van der Waals surface area contributed by atoms with Crippen molar-refractivity contribution in [1.82, 2.24) is 19.9 Å². The largest absolute Gasteiger partial charge is 0.469 e. The summed E-state index contributed by atoms with van der Waals surface area (Å²) in [6.45, 7) is 13.1. The zero-order chi connectivity index (χ0) is 37.4. The van der Waals surface area contributed by atoms with Gasteiger partial charge in [0.25, 0.3) is 0 Å². The minimum absolute atomic E-state index is 0.0700. The van der Waals surface area contributed by atoms with Crippen molar-refractivity contribution in [2.45, 2.75) is 79.1 Å². The Labute approximate surface area is 303 Å². The van der Waals surface area contributed by atoms with Crippen LogP contribution in [0.2, 0.25) is 0 Å². The molecule has 0 unspecified atom stereocenters. The van der Waals surface area contributed by atoms with E-state index in [1.54, 1.807) is 6.92 Å². The summed E-state index contributed by atoms with van der Waals surface area (Å²) >= 11 is 0. The molecule has 3 aliphatic rings. The number of carbonyl (C=O) groups is 3. The molecular weight excluding hydrogens is 658 g/mol. The number of esters is 3. The Hall–Kier alpha value is -5.45. The predicted octanol–water partition coefficient (Wildman–Crippen LogP) is 7.68. The maximum absolute atomic E-state index is 13.9. The fourth-order valence-corrected chi connectivity index (χ4v) is 7.84. The number of aromatic amines is 2. The molecule has 2 atom stereocenters. The molecule has 0 spiro atoms. The second-order valence-corrected chi connectivity index (χ2v) is 13.4. The molecule has 3 aromatic heterocycles. The number of fused-ring (bicyclic) bond motifs is 8. The van der Waals surface area contributed by atoms with Gasteiger partial charge in [0.1, 0.15) is 5.56 Å². The highest BCUT2D eigenvalue weighted by Crippen LogP contribution is 2.44. The number of methoxy groups -OCH3 is 3. The second kappa shape index (κ2) is 14.7. The van der Waals surface area contributed by atoms with Crippen molar-refractivity contribution >= 4 is 56.8 Å². The lowest BCUT2D eigenvalue weighted by molar-refractivity contribution is -0.140. The SMILES string of the molecule is CCc1c(C)c2[nH]c1cc1nc(c(C(=O)OC)c3nc(cc4[nH]c(c(CC)c4C)c2N2C=CC=CC2)[C@@H](C)[C@@H]3CCC(=O)OC)C(C(=O)OC)=C1C. The molecule has 0 amide bonds. The third-order valence-corrected chi connectivity index (χ3v) is 10.7. The molecule has 272 valence electrons. The Morgan fingerprint density at radius 2 is 1.58 bits per heavy atom. The van der Waals surface area contributed by atoms with Crippen LogP contribution in [0.15, 0.2) is 36.6 Å². The van der Waals surface area contributed by atoms with E-state index in [9.17, 15) is 14.4 Å². The van der Waals surface area contributed by atoms with Crippen LogP contribution in [-0.2, 0) is 36.6 Å². The molecule has 3 aromatic rings. The summed E-state index contributed by atoms with van der Waals surface area (Å²) < 4.78 is 15.6. The number of hydrogen-bond acceptors (Lipinski definition) is 9. The fourth-order valence-electron chi connectivity index (χ4n) is 7.84. The summed E-state index contributed by atoms with van der Waals surface area (Å²) in [5.74, 6) is -2.29. The first-order valence-corrected chi connectivity index (χ1v) is 17.8. The molecule has 11 heteroatoms. The predicted molar refractivity (Wildman–Crippen MR) is 203 cm³/mol. The fraction of sp³-hybridized carbons (Fsp3) is 0.390. The number of allylic oxidation sites excluding steroid dienone is 3. The van der Waals surface area contributed by atoms with Gasteiger partial charge in [0, 0.05) is 47.7 Å². The van der Waals surface area contributed by atoms with E-state index in [1.165, 1.54) is 26.9 Å². The monoisotopic (exact) mass is 705 g/mol. The quantitative estimate of drug-likeness (QED) is 0.178. The van der Waals surface area contributed by atoms with Crippen LogP contribution in [-0.4, -0.2) is 65.7 Å². The van der Waals surface area contributed by atoms with Crippen LogP contribution in [0.25, 0.3) is 33.2 Å². The van der Waals surface area contributed by atoms with Crippen LogP contribution in [0.4, 0.5) is 5.69 Å². The third kappa shape index (κ3) is 6.11. The summed E-state index contributed by atoms with van der Waals surface area (Å²) in [6.07, 6.45) is 10.3. The number of rotatable bonds is 8. The first-order valence-electron chi connectivity index (χ1n) is 17.8. The number of nitrogens with zero attached hydrogens (tertiary/aromatic N) is 3. The lowest BCUT2D eigenvalue weighted by Crippen LogP contribution is -2.18. The van der Waals surface area contributed by atoms with Crippen molar-refractivity contribution < 1.29 is 28.6 Å². The van der Waals surface area contributed by atoms with E-state index >= 15 is 0 Å². The van der Waals surface area contributed by atoms with Crippen molar-refractivity contribution in [3.05, 3.63) is 87.2 Å². The van der Waals surface area contributed by atoms with E-state index < -0.39 is 17.9 Å². The first kappa shape index (κ1) is 36.3. The van der Waals surface area contributed by atoms with Crippen LogP contribution in [0, 0.1) is 13.8 Å². The summed E-state index contributed by atoms with van der Waals surface area (Å²) in [4.78, 5) is 59.9. The molecule has 3 aliphatic heterocycles. The number of ether oxygens (including phenoxy) is 3. The topological polar surface area (TPSA) is 140 Å². The van der Waals surface area contributed by atoms with Gasteiger partial charge in [-0.25, -0.2) is 14.6 Å². The number of aryl methyl sites for hydroxylation is 4. The van der Waals surface area contributed by atoms with Gasteiger partial charge in [0.05, 0.1) is 60.7 Å². The highest BCUT2D eigenvalue weighted by molar-refractivity contribution is 6.26. The summed E-state index contributed by atoms with van der Waals surface area (Å²) in [5.41, 5.74) is 11.8. The van der Waals surface area contributed by atoms with Crippen LogP contribution >= 0.6 is 0 Å². The van der Waals surface area contributed by atoms with Crippen LogP contribution in [0.5, 0.6) is 0 Å². The standard InChI is InChI=1S/C41H47N5O6/c1-10-25-23(5)35-39(46-17-13-12-14-18-46)37-26(11-2)21(3)28(43-37)19-29-22(4)27(15-16-32(47)50-7)36(42-29)34(41(49)52-9)38-33(40(48)51-8)24(6)30(44-38)20-31(25)45-35/h12-14,17,19-20,22,27,43,45H,10-11,15-16,18H2,1-9H3/t22-,27-/m0/s1. The van der Waals surface area contributed by atoms with Gasteiger partial charge in [-0.3, -0.25) is 9.78 Å². The average Bonchev–Trinajstić information content (AvgIpc) is 3.84. The van der Waals surface area contributed by atoms with Gasteiger partial charge < -0.3 is 29.1 Å². The average molecular weight is 706 g/mol. The van der Waals surface area contributed by atoms with Gasteiger partial charge in [-0.2, -0.15) is 0 Å². The van der Waals surface area contributed by atoms with E-state index in [-0.39, 0.29) is 35.1 Å². The first-order chi connectivity index (χ1) is 25.0.